The maximum atomic E-state index is 13.0. The number of aromatic nitrogens is 4. The zero-order valence-corrected chi connectivity index (χ0v) is 20.1. The highest BCUT2D eigenvalue weighted by Crippen LogP contribution is 2.28. The predicted octanol–water partition coefficient (Wildman–Crippen LogP) is 4.06. The average molecular weight is 471 g/mol. The van der Waals surface area contributed by atoms with Gasteiger partial charge in [-0.1, -0.05) is 29.8 Å². The number of ether oxygens (including phenoxy) is 1. The summed E-state index contributed by atoms with van der Waals surface area (Å²) in [4.78, 5) is 24.2. The van der Waals surface area contributed by atoms with Crippen molar-refractivity contribution in [3.63, 3.8) is 0 Å². The minimum atomic E-state index is -0.101. The second kappa shape index (κ2) is 10.1. The van der Waals surface area contributed by atoms with Crippen molar-refractivity contribution in [2.75, 3.05) is 24.6 Å². The fraction of sp³-hybridized carbons (Fsp3) is 0.333. The molecule has 1 aliphatic heterocycles. The molecule has 0 spiro atoms. The molecule has 5 rings (SSSR count). The molecule has 3 heterocycles. The van der Waals surface area contributed by atoms with Crippen LogP contribution in [-0.2, 0) is 11.3 Å². The van der Waals surface area contributed by atoms with Gasteiger partial charge in [0, 0.05) is 25.8 Å². The first-order valence-corrected chi connectivity index (χ1v) is 12.1. The summed E-state index contributed by atoms with van der Waals surface area (Å²) < 4.78 is 7.40. The van der Waals surface area contributed by atoms with Crippen LogP contribution in [0.5, 0.6) is 5.75 Å². The monoisotopic (exact) mass is 470 g/mol. The number of nitrogens with one attached hydrogen (secondary N) is 1. The Morgan fingerprint density at radius 3 is 2.86 bits per heavy atom. The smallest absolute Gasteiger partial charge is 0.225 e. The van der Waals surface area contributed by atoms with Gasteiger partial charge in [0.2, 0.25) is 5.91 Å². The van der Waals surface area contributed by atoms with E-state index in [4.69, 9.17) is 4.74 Å². The maximum absolute atomic E-state index is 13.0. The standard InChI is InChI=1S/C27H30N6O2/c1-3-35-23-8-4-6-20(14-23)15-28-27(34)21-7-5-13-32(16-21)26-24-17-33(31-25(24)29-18-30-26)22-11-9-19(2)10-12-22/h4,6,8-12,14,17-18,21H,3,5,7,13,15-16H2,1-2H3,(H,28,34). The van der Waals surface area contributed by atoms with Crippen molar-refractivity contribution in [3.8, 4) is 11.4 Å². The van der Waals surface area contributed by atoms with Crippen LogP contribution in [0.1, 0.15) is 30.9 Å². The van der Waals surface area contributed by atoms with Crippen molar-refractivity contribution in [3.05, 3.63) is 72.2 Å². The highest BCUT2D eigenvalue weighted by molar-refractivity contribution is 5.87. The third-order valence-electron chi connectivity index (χ3n) is 6.36. The number of hydrogen-bond donors (Lipinski definition) is 1. The molecule has 1 fully saturated rings. The van der Waals surface area contributed by atoms with E-state index >= 15 is 0 Å². The first-order valence-electron chi connectivity index (χ1n) is 12.1. The topological polar surface area (TPSA) is 85.2 Å². The van der Waals surface area contributed by atoms with E-state index in [9.17, 15) is 4.79 Å². The highest BCUT2D eigenvalue weighted by atomic mass is 16.5. The summed E-state index contributed by atoms with van der Waals surface area (Å²) in [6.07, 6.45) is 5.32. The number of piperidine rings is 1. The van der Waals surface area contributed by atoms with Crippen LogP contribution in [-0.4, -0.2) is 45.4 Å². The number of carbonyl (C=O) groups excluding carboxylic acids is 1. The molecular formula is C27H30N6O2. The van der Waals surface area contributed by atoms with Gasteiger partial charge in [-0.15, -0.1) is 5.10 Å². The maximum Gasteiger partial charge on any atom is 0.225 e. The summed E-state index contributed by atoms with van der Waals surface area (Å²) in [5.74, 6) is 1.62. The number of carbonyl (C=O) groups is 1. The number of fused-ring (bicyclic) bond motifs is 1. The van der Waals surface area contributed by atoms with Gasteiger partial charge < -0.3 is 15.0 Å². The normalized spacial score (nSPS) is 15.8. The molecule has 35 heavy (non-hydrogen) atoms. The van der Waals surface area contributed by atoms with E-state index in [1.54, 1.807) is 6.33 Å². The van der Waals surface area contributed by atoms with Gasteiger partial charge >= 0.3 is 0 Å². The van der Waals surface area contributed by atoms with Crippen molar-refractivity contribution < 1.29 is 9.53 Å². The lowest BCUT2D eigenvalue weighted by Crippen LogP contribution is -2.43. The molecule has 2 aromatic heterocycles. The largest absolute Gasteiger partial charge is 0.494 e. The van der Waals surface area contributed by atoms with Crippen LogP contribution < -0.4 is 15.0 Å². The Morgan fingerprint density at radius 2 is 2.03 bits per heavy atom. The van der Waals surface area contributed by atoms with E-state index in [1.807, 2.05) is 54.2 Å². The Bertz CT molecular complexity index is 1320. The molecule has 0 radical (unpaired) electrons. The Labute approximate surface area is 205 Å². The van der Waals surface area contributed by atoms with Crippen LogP contribution in [0, 0.1) is 12.8 Å². The predicted molar refractivity (Wildman–Crippen MR) is 136 cm³/mol. The Balaban J connectivity index is 1.29. The van der Waals surface area contributed by atoms with Gasteiger partial charge in [0.25, 0.3) is 0 Å². The molecule has 4 aromatic rings. The van der Waals surface area contributed by atoms with Gasteiger partial charge in [-0.2, -0.15) is 0 Å². The number of anilines is 1. The molecule has 180 valence electrons. The lowest BCUT2D eigenvalue weighted by atomic mass is 9.97. The van der Waals surface area contributed by atoms with Crippen molar-refractivity contribution >= 4 is 22.8 Å². The summed E-state index contributed by atoms with van der Waals surface area (Å²) in [5.41, 5.74) is 3.85. The quantitative estimate of drug-likeness (QED) is 0.439. The van der Waals surface area contributed by atoms with Crippen molar-refractivity contribution in [2.24, 2.45) is 5.92 Å². The number of hydrogen-bond acceptors (Lipinski definition) is 6. The third-order valence-corrected chi connectivity index (χ3v) is 6.36. The summed E-state index contributed by atoms with van der Waals surface area (Å²) in [6, 6.07) is 16.1. The third kappa shape index (κ3) is 5.11. The number of nitrogens with zero attached hydrogens (tertiary/aromatic N) is 5. The lowest BCUT2D eigenvalue weighted by molar-refractivity contribution is -0.125. The summed E-state index contributed by atoms with van der Waals surface area (Å²) in [5, 5.41) is 8.65. The molecule has 8 nitrogen and oxygen atoms in total. The fourth-order valence-corrected chi connectivity index (χ4v) is 4.54. The van der Waals surface area contributed by atoms with Crippen molar-refractivity contribution in [1.82, 2.24) is 25.1 Å². The van der Waals surface area contributed by atoms with E-state index in [0.717, 1.165) is 47.6 Å². The van der Waals surface area contributed by atoms with Crippen molar-refractivity contribution in [1.29, 1.82) is 0 Å². The Morgan fingerprint density at radius 1 is 1.17 bits per heavy atom. The van der Waals surface area contributed by atoms with E-state index < -0.39 is 0 Å². The van der Waals surface area contributed by atoms with Crippen LogP contribution in [0.4, 0.5) is 5.82 Å². The highest BCUT2D eigenvalue weighted by Gasteiger charge is 2.28. The molecule has 8 heteroatoms. The molecule has 1 N–H and O–H groups in total. The Hall–Kier alpha value is -3.94. The van der Waals surface area contributed by atoms with Crippen LogP contribution in [0.25, 0.3) is 16.7 Å². The molecule has 1 aliphatic rings. The van der Waals surface area contributed by atoms with Crippen LogP contribution in [0.15, 0.2) is 61.1 Å². The minimum absolute atomic E-state index is 0.0668. The second-order valence-electron chi connectivity index (χ2n) is 8.93. The van der Waals surface area contributed by atoms with E-state index in [1.165, 1.54) is 5.56 Å². The molecule has 0 aliphatic carbocycles. The first kappa shape index (κ1) is 22.8. The molecular weight excluding hydrogens is 440 g/mol. The van der Waals surface area contributed by atoms with Crippen LogP contribution in [0.3, 0.4) is 0 Å². The Kier molecular flexibility index (Phi) is 6.61. The van der Waals surface area contributed by atoms with Gasteiger partial charge in [0.1, 0.15) is 17.9 Å². The zero-order valence-electron chi connectivity index (χ0n) is 20.1. The molecule has 0 saturated carbocycles. The molecule has 1 saturated heterocycles. The number of amides is 1. The summed E-state index contributed by atoms with van der Waals surface area (Å²) in [6.45, 7) is 6.59. The summed E-state index contributed by atoms with van der Waals surface area (Å²) in [7, 11) is 0. The van der Waals surface area contributed by atoms with Gasteiger partial charge in [0.15, 0.2) is 5.65 Å². The van der Waals surface area contributed by atoms with Gasteiger partial charge in [-0.3, -0.25) is 4.79 Å². The molecule has 1 amide bonds. The van der Waals surface area contributed by atoms with E-state index in [0.29, 0.717) is 25.3 Å². The van der Waals surface area contributed by atoms with Gasteiger partial charge in [-0.25, -0.2) is 14.6 Å². The lowest BCUT2D eigenvalue weighted by Gasteiger charge is -2.33. The SMILES string of the molecule is CCOc1cccc(CNC(=O)C2CCCN(c3ncnc4nn(-c5ccc(C)cc5)cc34)C2)c1. The van der Waals surface area contributed by atoms with Gasteiger partial charge in [-0.05, 0) is 56.5 Å². The zero-order chi connectivity index (χ0) is 24.2. The minimum Gasteiger partial charge on any atom is -0.494 e. The second-order valence-corrected chi connectivity index (χ2v) is 8.93. The average Bonchev–Trinajstić information content (AvgIpc) is 3.33. The van der Waals surface area contributed by atoms with E-state index in [2.05, 4.69) is 44.3 Å². The molecule has 1 unspecified atom stereocenters. The number of aryl methyl sites for hydroxylation is 1. The van der Waals surface area contributed by atoms with Gasteiger partial charge in [0.05, 0.1) is 23.6 Å². The fourth-order valence-electron chi connectivity index (χ4n) is 4.54. The van der Waals surface area contributed by atoms with Crippen molar-refractivity contribution in [2.45, 2.75) is 33.2 Å². The molecule has 1 atom stereocenters. The molecule has 2 aromatic carbocycles. The number of rotatable bonds is 7. The van der Waals surface area contributed by atoms with Crippen LogP contribution >= 0.6 is 0 Å². The van der Waals surface area contributed by atoms with Crippen LogP contribution in [0.2, 0.25) is 0 Å². The molecule has 0 bridgehead atoms. The summed E-state index contributed by atoms with van der Waals surface area (Å²) >= 11 is 0. The van der Waals surface area contributed by atoms with E-state index in [-0.39, 0.29) is 11.8 Å². The first-order chi connectivity index (χ1) is 17.1. The number of benzene rings is 2.